The summed E-state index contributed by atoms with van der Waals surface area (Å²) < 4.78 is 1.97. The van der Waals surface area contributed by atoms with Crippen LogP contribution < -0.4 is 0 Å². The number of imidazole rings is 1. The first-order valence-electron chi connectivity index (χ1n) is 6.61. The summed E-state index contributed by atoms with van der Waals surface area (Å²) in [6.07, 6.45) is 0.705. The molecule has 0 aliphatic heterocycles. The molecule has 0 saturated heterocycles. The van der Waals surface area contributed by atoms with Crippen molar-refractivity contribution in [1.29, 1.82) is 0 Å². The number of hydrogen-bond donors (Lipinski definition) is 1. The molecule has 0 atom stereocenters. The fourth-order valence-electron chi connectivity index (χ4n) is 2.44. The number of aryl methyl sites for hydroxylation is 1. The van der Waals surface area contributed by atoms with E-state index in [1.165, 1.54) is 0 Å². The monoisotopic (exact) mass is 300 g/mol. The molecule has 0 fully saturated rings. The number of carboxylic acid groups (broad SMARTS) is 1. The summed E-state index contributed by atoms with van der Waals surface area (Å²) in [4.78, 5) is 15.8. The predicted octanol–water partition coefficient (Wildman–Crippen LogP) is 3.94. The van der Waals surface area contributed by atoms with Gasteiger partial charge in [-0.15, -0.1) is 0 Å². The summed E-state index contributed by atoms with van der Waals surface area (Å²) >= 11 is 5.93. The van der Waals surface area contributed by atoms with Gasteiger partial charge in [-0.05, 0) is 36.4 Å². The van der Waals surface area contributed by atoms with Crippen molar-refractivity contribution in [3.05, 3.63) is 58.9 Å². The molecule has 3 aromatic rings. The second-order valence-corrected chi connectivity index (χ2v) is 5.11. The topological polar surface area (TPSA) is 55.1 Å². The van der Waals surface area contributed by atoms with Gasteiger partial charge in [0.2, 0.25) is 0 Å². The fourth-order valence-corrected chi connectivity index (χ4v) is 2.56. The van der Waals surface area contributed by atoms with Gasteiger partial charge in [0.15, 0.2) is 0 Å². The number of para-hydroxylation sites is 1. The molecule has 1 heterocycles. The number of carboxylic acids is 1. The van der Waals surface area contributed by atoms with Crippen LogP contribution in [0.1, 0.15) is 23.1 Å². The van der Waals surface area contributed by atoms with Crippen LogP contribution in [0.4, 0.5) is 0 Å². The zero-order valence-electron chi connectivity index (χ0n) is 11.4. The molecule has 106 valence electrons. The molecule has 1 N–H and O–H groups in total. The molecule has 0 aliphatic carbocycles. The van der Waals surface area contributed by atoms with Gasteiger partial charge in [-0.3, -0.25) is 4.57 Å². The van der Waals surface area contributed by atoms with E-state index in [9.17, 15) is 9.90 Å². The maximum Gasteiger partial charge on any atom is 0.337 e. The number of nitrogens with zero attached hydrogens (tertiary/aromatic N) is 2. The Morgan fingerprint density at radius 1 is 1.24 bits per heavy atom. The Balaban J connectivity index is 2.33. The number of benzene rings is 2. The Kier molecular flexibility index (Phi) is 3.39. The van der Waals surface area contributed by atoms with E-state index >= 15 is 0 Å². The predicted molar refractivity (Wildman–Crippen MR) is 82.4 cm³/mol. The lowest BCUT2D eigenvalue weighted by molar-refractivity contribution is 0.0699. The second-order valence-electron chi connectivity index (χ2n) is 4.67. The maximum atomic E-state index is 11.3. The zero-order valence-corrected chi connectivity index (χ0v) is 12.1. The van der Waals surface area contributed by atoms with Crippen molar-refractivity contribution in [2.45, 2.75) is 13.3 Å². The van der Waals surface area contributed by atoms with Crippen LogP contribution in [0, 0.1) is 0 Å². The van der Waals surface area contributed by atoms with E-state index in [0.29, 0.717) is 17.0 Å². The van der Waals surface area contributed by atoms with Crippen LogP contribution in [0.15, 0.2) is 42.5 Å². The molecule has 0 amide bonds. The lowest BCUT2D eigenvalue weighted by atomic mass is 10.2. The first-order valence-corrected chi connectivity index (χ1v) is 6.99. The molecule has 0 bridgehead atoms. The second kappa shape index (κ2) is 5.22. The maximum absolute atomic E-state index is 11.3. The Labute approximate surface area is 126 Å². The summed E-state index contributed by atoms with van der Waals surface area (Å²) in [5.41, 5.74) is 2.43. The first kappa shape index (κ1) is 13.6. The van der Waals surface area contributed by atoms with Crippen LogP contribution in [0.25, 0.3) is 16.7 Å². The van der Waals surface area contributed by atoms with Crippen LogP contribution in [-0.2, 0) is 6.42 Å². The molecule has 0 spiro atoms. The molecule has 4 nitrogen and oxygen atoms in total. The molecule has 0 radical (unpaired) electrons. The zero-order chi connectivity index (χ0) is 15.0. The Morgan fingerprint density at radius 2 is 1.95 bits per heavy atom. The number of hydrogen-bond acceptors (Lipinski definition) is 2. The first-order chi connectivity index (χ1) is 10.1. The van der Waals surface area contributed by atoms with Crippen molar-refractivity contribution in [2.24, 2.45) is 0 Å². The van der Waals surface area contributed by atoms with Gasteiger partial charge in [0, 0.05) is 17.1 Å². The van der Waals surface area contributed by atoms with Crippen molar-refractivity contribution >= 4 is 28.6 Å². The van der Waals surface area contributed by atoms with Gasteiger partial charge in [-0.2, -0.15) is 0 Å². The minimum absolute atomic E-state index is 0.218. The number of aromatic nitrogens is 2. The third-order valence-electron chi connectivity index (χ3n) is 3.39. The van der Waals surface area contributed by atoms with E-state index in [1.54, 1.807) is 12.1 Å². The molecular formula is C16H13ClN2O2. The third-order valence-corrected chi connectivity index (χ3v) is 3.64. The Morgan fingerprint density at radius 3 is 2.57 bits per heavy atom. The van der Waals surface area contributed by atoms with Gasteiger partial charge in [0.05, 0.1) is 11.1 Å². The van der Waals surface area contributed by atoms with Crippen LogP contribution in [0.3, 0.4) is 0 Å². The standard InChI is InChI=1S/C16H13ClN2O2/c1-2-14-18-15-12(16(20)21)4-3-5-13(15)19(14)11-8-6-10(17)7-9-11/h3-9H,2H2,1H3,(H,20,21). The van der Waals surface area contributed by atoms with Gasteiger partial charge < -0.3 is 5.11 Å². The number of aromatic carboxylic acids is 1. The third kappa shape index (κ3) is 2.28. The summed E-state index contributed by atoms with van der Waals surface area (Å²) in [6.45, 7) is 1.99. The van der Waals surface area contributed by atoms with Gasteiger partial charge in [-0.1, -0.05) is 24.6 Å². The summed E-state index contributed by atoms with van der Waals surface area (Å²) in [5, 5.41) is 9.96. The highest BCUT2D eigenvalue weighted by Crippen LogP contribution is 2.25. The smallest absolute Gasteiger partial charge is 0.337 e. The lowest BCUT2D eigenvalue weighted by Gasteiger charge is -2.08. The molecule has 3 rings (SSSR count). The van der Waals surface area contributed by atoms with E-state index in [0.717, 1.165) is 17.0 Å². The van der Waals surface area contributed by atoms with Gasteiger partial charge in [0.25, 0.3) is 0 Å². The molecular weight excluding hydrogens is 288 g/mol. The van der Waals surface area contributed by atoms with Gasteiger partial charge >= 0.3 is 5.97 Å². The van der Waals surface area contributed by atoms with Crippen LogP contribution in [0.5, 0.6) is 0 Å². The molecule has 21 heavy (non-hydrogen) atoms. The van der Waals surface area contributed by atoms with Crippen molar-refractivity contribution in [3.8, 4) is 5.69 Å². The normalized spacial score (nSPS) is 11.0. The summed E-state index contributed by atoms with van der Waals surface area (Å²) in [7, 11) is 0. The minimum Gasteiger partial charge on any atom is -0.478 e. The van der Waals surface area contributed by atoms with Crippen molar-refractivity contribution < 1.29 is 9.90 Å². The van der Waals surface area contributed by atoms with E-state index in [1.807, 2.05) is 41.8 Å². The van der Waals surface area contributed by atoms with E-state index < -0.39 is 5.97 Å². The van der Waals surface area contributed by atoms with Crippen molar-refractivity contribution in [1.82, 2.24) is 9.55 Å². The highest BCUT2D eigenvalue weighted by Gasteiger charge is 2.16. The minimum atomic E-state index is -0.969. The summed E-state index contributed by atoms with van der Waals surface area (Å²) in [5.74, 6) is -0.148. The number of fused-ring (bicyclic) bond motifs is 1. The van der Waals surface area contributed by atoms with Gasteiger partial charge in [-0.25, -0.2) is 9.78 Å². The molecule has 1 aromatic heterocycles. The van der Waals surface area contributed by atoms with E-state index in [4.69, 9.17) is 11.6 Å². The molecule has 0 aliphatic rings. The summed E-state index contributed by atoms with van der Waals surface area (Å²) in [6, 6.07) is 12.6. The molecule has 5 heteroatoms. The molecule has 0 unspecified atom stereocenters. The number of rotatable bonds is 3. The highest BCUT2D eigenvalue weighted by atomic mass is 35.5. The van der Waals surface area contributed by atoms with E-state index in [2.05, 4.69) is 4.98 Å². The van der Waals surface area contributed by atoms with Crippen LogP contribution in [0.2, 0.25) is 5.02 Å². The van der Waals surface area contributed by atoms with Crippen LogP contribution in [-0.4, -0.2) is 20.6 Å². The largest absolute Gasteiger partial charge is 0.478 e. The molecule has 0 saturated carbocycles. The van der Waals surface area contributed by atoms with Crippen LogP contribution >= 0.6 is 11.6 Å². The molecule has 2 aromatic carbocycles. The van der Waals surface area contributed by atoms with E-state index in [-0.39, 0.29) is 5.56 Å². The van der Waals surface area contributed by atoms with Crippen molar-refractivity contribution in [3.63, 3.8) is 0 Å². The quantitative estimate of drug-likeness (QED) is 0.797. The average molecular weight is 301 g/mol. The number of carbonyl (C=O) groups is 1. The van der Waals surface area contributed by atoms with Gasteiger partial charge in [0.1, 0.15) is 11.3 Å². The average Bonchev–Trinajstić information content (AvgIpc) is 2.86. The lowest BCUT2D eigenvalue weighted by Crippen LogP contribution is -2.00. The highest BCUT2D eigenvalue weighted by molar-refractivity contribution is 6.30. The van der Waals surface area contributed by atoms with Crippen molar-refractivity contribution in [2.75, 3.05) is 0 Å². The Hall–Kier alpha value is -2.33. The SMILES string of the molecule is CCc1nc2c(C(=O)O)cccc2n1-c1ccc(Cl)cc1. The number of halogens is 1. The Bertz CT molecular complexity index is 822. The fraction of sp³-hybridized carbons (Fsp3) is 0.125.